The Hall–Kier alpha value is -1.93. The lowest BCUT2D eigenvalue weighted by Gasteiger charge is -2.33. The SMILES string of the molecule is O=C(NC1CCN(C[C@@H]2CCCO2)CC1)c1c[nH]c(=O)[nH]c1=O. The Labute approximate surface area is 133 Å². The van der Waals surface area contributed by atoms with Crippen LogP contribution in [0.4, 0.5) is 0 Å². The van der Waals surface area contributed by atoms with Gasteiger partial charge in [0, 0.05) is 38.5 Å². The second-order valence-electron chi connectivity index (χ2n) is 6.17. The summed E-state index contributed by atoms with van der Waals surface area (Å²) in [4.78, 5) is 41.4. The van der Waals surface area contributed by atoms with Crippen molar-refractivity contribution in [2.24, 2.45) is 0 Å². The highest BCUT2D eigenvalue weighted by molar-refractivity contribution is 5.93. The molecule has 23 heavy (non-hydrogen) atoms. The number of hydrogen-bond acceptors (Lipinski definition) is 5. The molecule has 0 radical (unpaired) electrons. The summed E-state index contributed by atoms with van der Waals surface area (Å²) in [6.07, 6.45) is 5.47. The normalized spacial score (nSPS) is 23.0. The third-order valence-electron chi connectivity index (χ3n) is 4.47. The molecule has 0 bridgehead atoms. The average Bonchev–Trinajstić information content (AvgIpc) is 3.02. The van der Waals surface area contributed by atoms with E-state index in [4.69, 9.17) is 4.74 Å². The highest BCUT2D eigenvalue weighted by Crippen LogP contribution is 2.17. The van der Waals surface area contributed by atoms with Crippen LogP contribution >= 0.6 is 0 Å². The molecular weight excluding hydrogens is 300 g/mol. The van der Waals surface area contributed by atoms with Gasteiger partial charge >= 0.3 is 5.69 Å². The number of ether oxygens (including phenoxy) is 1. The number of hydrogen-bond donors (Lipinski definition) is 3. The Morgan fingerprint density at radius 2 is 2.09 bits per heavy atom. The van der Waals surface area contributed by atoms with E-state index in [9.17, 15) is 14.4 Å². The number of rotatable bonds is 4. The second-order valence-corrected chi connectivity index (χ2v) is 6.17. The second kappa shape index (κ2) is 7.10. The van der Waals surface area contributed by atoms with Crippen molar-refractivity contribution in [3.63, 3.8) is 0 Å². The van der Waals surface area contributed by atoms with E-state index in [0.29, 0.717) is 6.10 Å². The molecule has 3 N–H and O–H groups in total. The highest BCUT2D eigenvalue weighted by Gasteiger charge is 2.25. The van der Waals surface area contributed by atoms with Gasteiger partial charge in [0.15, 0.2) is 0 Å². The van der Waals surface area contributed by atoms with Gasteiger partial charge in [-0.15, -0.1) is 0 Å². The summed E-state index contributed by atoms with van der Waals surface area (Å²) in [7, 11) is 0. The van der Waals surface area contributed by atoms with E-state index in [1.807, 2.05) is 0 Å². The van der Waals surface area contributed by atoms with E-state index >= 15 is 0 Å². The Balaban J connectivity index is 1.49. The molecule has 0 spiro atoms. The van der Waals surface area contributed by atoms with Gasteiger partial charge in [0.25, 0.3) is 11.5 Å². The van der Waals surface area contributed by atoms with Crippen LogP contribution in [-0.4, -0.2) is 59.2 Å². The van der Waals surface area contributed by atoms with Gasteiger partial charge in [0.1, 0.15) is 5.56 Å². The number of carbonyl (C=O) groups excluding carboxylic acids is 1. The molecule has 2 aliphatic heterocycles. The summed E-state index contributed by atoms with van der Waals surface area (Å²) in [6, 6.07) is 0.0505. The van der Waals surface area contributed by atoms with Gasteiger partial charge in [0.05, 0.1) is 6.10 Å². The maximum Gasteiger partial charge on any atom is 0.325 e. The summed E-state index contributed by atoms with van der Waals surface area (Å²) in [6.45, 7) is 3.64. The Kier molecular flexibility index (Phi) is 4.92. The first-order valence-corrected chi connectivity index (χ1v) is 8.08. The lowest BCUT2D eigenvalue weighted by Crippen LogP contribution is -2.47. The fourth-order valence-electron chi connectivity index (χ4n) is 3.18. The van der Waals surface area contributed by atoms with Gasteiger partial charge < -0.3 is 19.9 Å². The van der Waals surface area contributed by atoms with E-state index < -0.39 is 17.2 Å². The van der Waals surface area contributed by atoms with Crippen molar-refractivity contribution in [1.29, 1.82) is 0 Å². The highest BCUT2D eigenvalue weighted by atomic mass is 16.5. The monoisotopic (exact) mass is 322 g/mol. The number of carbonyl (C=O) groups is 1. The molecule has 2 aliphatic rings. The zero-order valence-corrected chi connectivity index (χ0v) is 13.0. The van der Waals surface area contributed by atoms with Crippen LogP contribution in [0.1, 0.15) is 36.0 Å². The zero-order valence-electron chi connectivity index (χ0n) is 13.0. The standard InChI is InChI=1S/C15H22N4O4/c20-13(12-8-16-15(22)18-14(12)21)17-10-3-5-19(6-4-10)9-11-2-1-7-23-11/h8,10-11H,1-7,9H2,(H,17,20)(H2,16,18,21,22)/t11-/m0/s1. The maximum absolute atomic E-state index is 12.1. The molecule has 1 aromatic heterocycles. The van der Waals surface area contributed by atoms with Gasteiger partial charge in [-0.25, -0.2) is 4.79 Å². The molecule has 3 heterocycles. The van der Waals surface area contributed by atoms with Crippen molar-refractivity contribution in [3.8, 4) is 0 Å². The molecule has 2 fully saturated rings. The van der Waals surface area contributed by atoms with Crippen LogP contribution in [0.2, 0.25) is 0 Å². The summed E-state index contributed by atoms with van der Waals surface area (Å²) >= 11 is 0. The van der Waals surface area contributed by atoms with Crippen molar-refractivity contribution in [2.45, 2.75) is 37.8 Å². The minimum Gasteiger partial charge on any atom is -0.377 e. The molecule has 0 aromatic carbocycles. The Morgan fingerprint density at radius 1 is 1.30 bits per heavy atom. The molecule has 1 amide bonds. The van der Waals surface area contributed by atoms with Gasteiger partial charge in [-0.2, -0.15) is 0 Å². The number of nitrogens with zero attached hydrogens (tertiary/aromatic N) is 1. The summed E-state index contributed by atoms with van der Waals surface area (Å²) in [5.74, 6) is -0.444. The number of amides is 1. The van der Waals surface area contributed by atoms with Crippen LogP contribution in [0.3, 0.4) is 0 Å². The van der Waals surface area contributed by atoms with Crippen LogP contribution in [-0.2, 0) is 4.74 Å². The van der Waals surface area contributed by atoms with E-state index in [2.05, 4.69) is 20.2 Å². The fraction of sp³-hybridized carbons (Fsp3) is 0.667. The molecule has 0 aliphatic carbocycles. The number of likely N-dealkylation sites (tertiary alicyclic amines) is 1. The molecule has 2 saturated heterocycles. The number of nitrogens with one attached hydrogen (secondary N) is 3. The third-order valence-corrected chi connectivity index (χ3v) is 4.47. The first-order chi connectivity index (χ1) is 11.1. The van der Waals surface area contributed by atoms with Gasteiger partial charge in [0.2, 0.25) is 0 Å². The van der Waals surface area contributed by atoms with E-state index in [1.54, 1.807) is 0 Å². The van der Waals surface area contributed by atoms with Crippen LogP contribution in [0.15, 0.2) is 15.8 Å². The summed E-state index contributed by atoms with van der Waals surface area (Å²) in [5.41, 5.74) is -1.34. The van der Waals surface area contributed by atoms with Crippen molar-refractivity contribution >= 4 is 5.91 Å². The van der Waals surface area contributed by atoms with Crippen molar-refractivity contribution in [3.05, 3.63) is 32.6 Å². The van der Waals surface area contributed by atoms with E-state index in [-0.39, 0.29) is 11.6 Å². The number of aromatic amines is 2. The molecule has 0 saturated carbocycles. The molecule has 3 rings (SSSR count). The zero-order chi connectivity index (χ0) is 16.2. The smallest absolute Gasteiger partial charge is 0.325 e. The summed E-state index contributed by atoms with van der Waals surface area (Å²) in [5, 5.41) is 2.87. The maximum atomic E-state index is 12.1. The van der Waals surface area contributed by atoms with Crippen molar-refractivity contribution in [2.75, 3.05) is 26.2 Å². The number of aromatic nitrogens is 2. The first kappa shape index (κ1) is 15.9. The average molecular weight is 322 g/mol. The van der Waals surface area contributed by atoms with Gasteiger partial charge in [-0.3, -0.25) is 14.6 Å². The Bertz CT molecular complexity index is 654. The molecule has 126 valence electrons. The van der Waals surface area contributed by atoms with Crippen molar-refractivity contribution in [1.82, 2.24) is 20.2 Å². The minimum atomic E-state index is -0.665. The molecule has 8 heteroatoms. The topological polar surface area (TPSA) is 107 Å². The summed E-state index contributed by atoms with van der Waals surface area (Å²) < 4.78 is 5.65. The minimum absolute atomic E-state index is 0.0505. The van der Waals surface area contributed by atoms with Crippen LogP contribution in [0.5, 0.6) is 0 Å². The van der Waals surface area contributed by atoms with Crippen molar-refractivity contribution < 1.29 is 9.53 Å². The molecule has 1 atom stereocenters. The predicted molar refractivity (Wildman–Crippen MR) is 83.6 cm³/mol. The quantitative estimate of drug-likeness (QED) is 0.688. The first-order valence-electron chi connectivity index (χ1n) is 8.08. The largest absolute Gasteiger partial charge is 0.377 e. The van der Waals surface area contributed by atoms with Crippen LogP contribution < -0.4 is 16.6 Å². The number of piperidine rings is 1. The van der Waals surface area contributed by atoms with Crippen LogP contribution in [0.25, 0.3) is 0 Å². The predicted octanol–water partition coefficient (Wildman–Crippen LogP) is -0.564. The van der Waals surface area contributed by atoms with E-state index in [1.165, 1.54) is 0 Å². The lowest BCUT2D eigenvalue weighted by molar-refractivity contribution is 0.0612. The molecule has 0 unspecified atom stereocenters. The lowest BCUT2D eigenvalue weighted by atomic mass is 10.0. The number of H-pyrrole nitrogens is 2. The molecule has 8 nitrogen and oxygen atoms in total. The van der Waals surface area contributed by atoms with Gasteiger partial charge in [-0.05, 0) is 25.7 Å². The third kappa shape index (κ3) is 4.08. The van der Waals surface area contributed by atoms with Gasteiger partial charge in [-0.1, -0.05) is 0 Å². The Morgan fingerprint density at radius 3 is 2.74 bits per heavy atom. The van der Waals surface area contributed by atoms with E-state index in [0.717, 1.165) is 58.1 Å². The van der Waals surface area contributed by atoms with Crippen LogP contribution in [0, 0.1) is 0 Å². The molecular formula is C15H22N4O4. The molecule has 1 aromatic rings. The fourth-order valence-corrected chi connectivity index (χ4v) is 3.18.